The lowest BCUT2D eigenvalue weighted by molar-refractivity contribution is -0.126. The molecule has 1 N–H and O–H groups in total. The lowest BCUT2D eigenvalue weighted by Gasteiger charge is -2.31. The van der Waals surface area contributed by atoms with Gasteiger partial charge >= 0.3 is 0 Å². The standard InChI is InChI=1S/C20H31N3O4S/c1-27-18-7-5-6-17(14-18)19(22-10-3-4-11-22)15-21-20(24)16-8-12-23(13-9-16)28(2,25)26/h5-7,14,16,19H,3-4,8-13,15H2,1-2H3,(H,21,24). The first-order chi connectivity index (χ1) is 13.4. The van der Waals surface area contributed by atoms with Crippen LogP contribution in [-0.4, -0.2) is 69.6 Å². The molecule has 156 valence electrons. The van der Waals surface area contributed by atoms with E-state index in [1.807, 2.05) is 18.2 Å². The van der Waals surface area contributed by atoms with Crippen molar-refractivity contribution in [2.45, 2.75) is 31.7 Å². The van der Waals surface area contributed by atoms with Gasteiger partial charge in [0.15, 0.2) is 0 Å². The number of sulfonamides is 1. The Morgan fingerprint density at radius 3 is 2.50 bits per heavy atom. The predicted octanol–water partition coefficient (Wildman–Crippen LogP) is 1.62. The quantitative estimate of drug-likeness (QED) is 0.740. The summed E-state index contributed by atoms with van der Waals surface area (Å²) in [5, 5.41) is 3.13. The summed E-state index contributed by atoms with van der Waals surface area (Å²) < 4.78 is 30.1. The molecule has 2 aliphatic rings. The van der Waals surface area contributed by atoms with Crippen molar-refractivity contribution in [2.24, 2.45) is 5.92 Å². The van der Waals surface area contributed by atoms with E-state index in [2.05, 4.69) is 16.3 Å². The van der Waals surface area contributed by atoms with Gasteiger partial charge in [-0.2, -0.15) is 0 Å². The minimum Gasteiger partial charge on any atom is -0.497 e. The molecule has 0 aromatic heterocycles. The van der Waals surface area contributed by atoms with Gasteiger partial charge in [-0.25, -0.2) is 12.7 Å². The van der Waals surface area contributed by atoms with Crippen molar-refractivity contribution in [1.29, 1.82) is 0 Å². The van der Waals surface area contributed by atoms with Gasteiger partial charge in [-0.15, -0.1) is 0 Å². The molecule has 0 saturated carbocycles. The highest BCUT2D eigenvalue weighted by atomic mass is 32.2. The highest BCUT2D eigenvalue weighted by Crippen LogP contribution is 2.27. The average Bonchev–Trinajstić information content (AvgIpc) is 3.22. The monoisotopic (exact) mass is 409 g/mol. The van der Waals surface area contributed by atoms with Crippen LogP contribution in [0.3, 0.4) is 0 Å². The Kier molecular flexibility index (Phi) is 6.95. The first kappa shape index (κ1) is 21.1. The second-order valence-electron chi connectivity index (χ2n) is 7.72. The molecule has 0 spiro atoms. The molecule has 0 bridgehead atoms. The lowest BCUT2D eigenvalue weighted by atomic mass is 9.97. The first-order valence-electron chi connectivity index (χ1n) is 9.99. The van der Waals surface area contributed by atoms with Crippen LogP contribution in [0, 0.1) is 5.92 Å². The van der Waals surface area contributed by atoms with Crippen LogP contribution in [-0.2, 0) is 14.8 Å². The fourth-order valence-electron chi connectivity index (χ4n) is 4.15. The molecule has 1 atom stereocenters. The molecule has 1 aromatic carbocycles. The predicted molar refractivity (Wildman–Crippen MR) is 109 cm³/mol. The van der Waals surface area contributed by atoms with Crippen molar-refractivity contribution in [3.05, 3.63) is 29.8 Å². The highest BCUT2D eigenvalue weighted by Gasteiger charge is 2.30. The fourth-order valence-corrected chi connectivity index (χ4v) is 5.03. The van der Waals surface area contributed by atoms with Crippen LogP contribution in [0.25, 0.3) is 0 Å². The molecule has 1 aromatic rings. The summed E-state index contributed by atoms with van der Waals surface area (Å²) in [7, 11) is -1.51. The second-order valence-corrected chi connectivity index (χ2v) is 9.70. The van der Waals surface area contributed by atoms with Crippen molar-refractivity contribution >= 4 is 15.9 Å². The van der Waals surface area contributed by atoms with Crippen LogP contribution in [0.1, 0.15) is 37.3 Å². The van der Waals surface area contributed by atoms with E-state index in [0.717, 1.165) is 24.4 Å². The van der Waals surface area contributed by atoms with Crippen molar-refractivity contribution in [2.75, 3.05) is 46.1 Å². The van der Waals surface area contributed by atoms with Crippen LogP contribution in [0.5, 0.6) is 5.75 Å². The second kappa shape index (κ2) is 9.24. The number of piperidine rings is 1. The molecule has 0 radical (unpaired) electrons. The zero-order valence-electron chi connectivity index (χ0n) is 16.8. The summed E-state index contributed by atoms with van der Waals surface area (Å²) in [4.78, 5) is 15.1. The number of hydrogen-bond acceptors (Lipinski definition) is 5. The lowest BCUT2D eigenvalue weighted by Crippen LogP contribution is -2.44. The minimum absolute atomic E-state index is 0.0280. The third-order valence-corrected chi connectivity index (χ3v) is 7.13. The van der Waals surface area contributed by atoms with E-state index >= 15 is 0 Å². The van der Waals surface area contributed by atoms with Gasteiger partial charge in [0.25, 0.3) is 0 Å². The zero-order chi connectivity index (χ0) is 20.1. The van der Waals surface area contributed by atoms with Crippen molar-refractivity contribution in [3.63, 3.8) is 0 Å². The maximum atomic E-state index is 12.7. The number of hydrogen-bond donors (Lipinski definition) is 1. The maximum Gasteiger partial charge on any atom is 0.223 e. The number of rotatable bonds is 7. The summed E-state index contributed by atoms with van der Waals surface area (Å²) in [5.41, 5.74) is 1.15. The van der Waals surface area contributed by atoms with E-state index in [1.54, 1.807) is 7.11 Å². The molecule has 3 rings (SSSR count). The largest absolute Gasteiger partial charge is 0.497 e. The van der Waals surface area contributed by atoms with Crippen LogP contribution < -0.4 is 10.1 Å². The van der Waals surface area contributed by atoms with Gasteiger partial charge in [-0.3, -0.25) is 9.69 Å². The number of benzene rings is 1. The number of carbonyl (C=O) groups excluding carboxylic acids is 1. The molecular formula is C20H31N3O4S. The molecule has 2 fully saturated rings. The summed E-state index contributed by atoms with van der Waals surface area (Å²) in [6, 6.07) is 8.17. The van der Waals surface area contributed by atoms with E-state index in [-0.39, 0.29) is 17.9 Å². The minimum atomic E-state index is -3.17. The van der Waals surface area contributed by atoms with Gasteiger partial charge in [0.1, 0.15) is 5.75 Å². The number of likely N-dealkylation sites (tertiary alicyclic amines) is 1. The molecular weight excluding hydrogens is 378 g/mol. The summed E-state index contributed by atoms with van der Waals surface area (Å²) in [6.07, 6.45) is 4.73. The first-order valence-corrected chi connectivity index (χ1v) is 11.8. The number of amides is 1. The highest BCUT2D eigenvalue weighted by molar-refractivity contribution is 7.88. The number of nitrogens with one attached hydrogen (secondary N) is 1. The van der Waals surface area contributed by atoms with Gasteiger partial charge in [-0.1, -0.05) is 12.1 Å². The van der Waals surface area contributed by atoms with E-state index in [0.29, 0.717) is 32.5 Å². The zero-order valence-corrected chi connectivity index (χ0v) is 17.6. The Labute approximate surface area is 168 Å². The maximum absolute atomic E-state index is 12.7. The molecule has 8 heteroatoms. The van der Waals surface area contributed by atoms with Gasteiger partial charge < -0.3 is 10.1 Å². The molecule has 7 nitrogen and oxygen atoms in total. The molecule has 2 aliphatic heterocycles. The van der Waals surface area contributed by atoms with Gasteiger partial charge in [0.05, 0.1) is 19.4 Å². The van der Waals surface area contributed by atoms with Crippen LogP contribution in [0.4, 0.5) is 0 Å². The van der Waals surface area contributed by atoms with Crippen molar-refractivity contribution in [3.8, 4) is 5.75 Å². The van der Waals surface area contributed by atoms with Crippen LogP contribution in [0.15, 0.2) is 24.3 Å². The summed E-state index contributed by atoms with van der Waals surface area (Å²) >= 11 is 0. The Hall–Kier alpha value is -1.64. The van der Waals surface area contributed by atoms with Crippen molar-refractivity contribution < 1.29 is 17.9 Å². The smallest absolute Gasteiger partial charge is 0.223 e. The normalized spacial score (nSPS) is 20.8. The third-order valence-electron chi connectivity index (χ3n) is 5.82. The number of ether oxygens (including phenoxy) is 1. The number of nitrogens with zero attached hydrogens (tertiary/aromatic N) is 2. The molecule has 2 saturated heterocycles. The van der Waals surface area contributed by atoms with Crippen LogP contribution in [0.2, 0.25) is 0 Å². The number of methoxy groups -OCH3 is 1. The van der Waals surface area contributed by atoms with E-state index in [1.165, 1.54) is 23.4 Å². The third kappa shape index (κ3) is 5.24. The molecule has 28 heavy (non-hydrogen) atoms. The van der Waals surface area contributed by atoms with Gasteiger partial charge in [-0.05, 0) is 56.5 Å². The average molecular weight is 410 g/mol. The Morgan fingerprint density at radius 1 is 1.21 bits per heavy atom. The molecule has 1 unspecified atom stereocenters. The molecule has 2 heterocycles. The molecule has 0 aliphatic carbocycles. The Bertz CT molecular complexity index is 769. The number of carbonyl (C=O) groups is 1. The van der Waals surface area contributed by atoms with E-state index < -0.39 is 10.0 Å². The van der Waals surface area contributed by atoms with E-state index in [9.17, 15) is 13.2 Å². The fraction of sp³-hybridized carbons (Fsp3) is 0.650. The summed E-state index contributed by atoms with van der Waals surface area (Å²) in [6.45, 7) is 3.46. The van der Waals surface area contributed by atoms with E-state index in [4.69, 9.17) is 4.74 Å². The Balaban J connectivity index is 1.61. The summed E-state index contributed by atoms with van der Waals surface area (Å²) in [5.74, 6) is 0.726. The topological polar surface area (TPSA) is 79.0 Å². The van der Waals surface area contributed by atoms with Gasteiger partial charge in [0.2, 0.25) is 15.9 Å². The Morgan fingerprint density at radius 2 is 1.89 bits per heavy atom. The molecule has 1 amide bonds. The van der Waals surface area contributed by atoms with Crippen LogP contribution >= 0.6 is 0 Å². The van der Waals surface area contributed by atoms with Gasteiger partial charge in [0, 0.05) is 25.6 Å². The SMILES string of the molecule is COc1cccc(C(CNC(=O)C2CCN(S(C)(=O)=O)CC2)N2CCCC2)c1. The van der Waals surface area contributed by atoms with Crippen molar-refractivity contribution in [1.82, 2.24) is 14.5 Å².